The third-order valence-corrected chi connectivity index (χ3v) is 3.97. The van der Waals surface area contributed by atoms with Crippen LogP contribution in [0.4, 0.5) is 5.69 Å². The first-order valence-electron chi connectivity index (χ1n) is 7.48. The molecule has 0 aliphatic heterocycles. The number of amides is 1. The fourth-order valence-corrected chi connectivity index (χ4v) is 2.76. The zero-order chi connectivity index (χ0) is 16.7. The van der Waals surface area contributed by atoms with E-state index in [1.54, 1.807) is 36.0 Å². The summed E-state index contributed by atoms with van der Waals surface area (Å²) in [5.74, 6) is -0.282. The maximum Gasteiger partial charge on any atom is 0.272 e. The minimum atomic E-state index is -0.282. The maximum atomic E-state index is 12.6. The second-order valence-corrected chi connectivity index (χ2v) is 5.49. The molecule has 0 radical (unpaired) electrons. The summed E-state index contributed by atoms with van der Waals surface area (Å²) >= 11 is 0. The lowest BCUT2D eigenvalue weighted by atomic mass is 10.3. The number of nitrogens with one attached hydrogen (secondary N) is 1. The van der Waals surface area contributed by atoms with Crippen LogP contribution in [-0.2, 0) is 7.05 Å². The lowest BCUT2D eigenvalue weighted by Crippen LogP contribution is -2.16. The number of nitrogens with zero attached hydrogens (tertiary/aromatic N) is 3. The largest absolute Gasteiger partial charge is 0.324 e. The lowest BCUT2D eigenvalue weighted by Gasteiger charge is -2.06. The van der Waals surface area contributed by atoms with E-state index in [9.17, 15) is 9.59 Å². The van der Waals surface area contributed by atoms with Gasteiger partial charge in [-0.3, -0.25) is 14.0 Å². The Kier molecular flexibility index (Phi) is 3.16. The predicted molar refractivity (Wildman–Crippen MR) is 92.3 cm³/mol. The van der Waals surface area contributed by atoms with Gasteiger partial charge in [0.1, 0.15) is 17.0 Å². The average Bonchev–Trinajstić information content (AvgIpc) is 2.94. The number of carbonyl (C=O) groups is 1. The summed E-state index contributed by atoms with van der Waals surface area (Å²) < 4.78 is 3.11. The summed E-state index contributed by atoms with van der Waals surface area (Å²) in [7, 11) is 1.73. The molecule has 0 saturated carbocycles. The number of rotatable bonds is 2. The number of hydrogen-bond acceptors (Lipinski definition) is 3. The van der Waals surface area contributed by atoms with Gasteiger partial charge in [-0.25, -0.2) is 4.98 Å². The molecule has 118 valence electrons. The van der Waals surface area contributed by atoms with Crippen LogP contribution in [0.25, 0.3) is 16.7 Å². The van der Waals surface area contributed by atoms with Crippen LogP contribution in [0.5, 0.6) is 0 Å². The van der Waals surface area contributed by atoms with E-state index in [2.05, 4.69) is 10.3 Å². The molecule has 0 aliphatic carbocycles. The molecule has 4 rings (SSSR count). The molecular weight excluding hydrogens is 304 g/mol. The van der Waals surface area contributed by atoms with Crippen molar-refractivity contribution in [3.05, 3.63) is 76.8 Å². The zero-order valence-electron chi connectivity index (χ0n) is 12.9. The molecule has 0 fully saturated rings. The Morgan fingerprint density at radius 1 is 1.08 bits per heavy atom. The smallest absolute Gasteiger partial charge is 0.272 e. The monoisotopic (exact) mass is 318 g/mol. The van der Waals surface area contributed by atoms with E-state index in [1.165, 1.54) is 4.40 Å². The molecule has 3 heterocycles. The van der Waals surface area contributed by atoms with Gasteiger partial charge in [-0.15, -0.1) is 0 Å². The average molecular weight is 318 g/mol. The first-order valence-corrected chi connectivity index (χ1v) is 7.48. The summed E-state index contributed by atoms with van der Waals surface area (Å²) in [6.45, 7) is 0. The molecule has 3 aromatic heterocycles. The topological polar surface area (TPSA) is 68.4 Å². The van der Waals surface area contributed by atoms with Crippen LogP contribution in [0.15, 0.2) is 65.6 Å². The van der Waals surface area contributed by atoms with E-state index in [4.69, 9.17) is 0 Å². The van der Waals surface area contributed by atoms with Crippen LogP contribution < -0.4 is 10.9 Å². The van der Waals surface area contributed by atoms with Crippen molar-refractivity contribution in [3.63, 3.8) is 0 Å². The summed E-state index contributed by atoms with van der Waals surface area (Å²) in [5, 5.41) is 3.24. The van der Waals surface area contributed by atoms with Gasteiger partial charge in [-0.1, -0.05) is 24.3 Å². The van der Waals surface area contributed by atoms with Crippen molar-refractivity contribution in [1.82, 2.24) is 14.0 Å². The van der Waals surface area contributed by atoms with Crippen LogP contribution >= 0.6 is 0 Å². The zero-order valence-corrected chi connectivity index (χ0v) is 12.9. The van der Waals surface area contributed by atoms with E-state index in [0.717, 1.165) is 0 Å². The van der Waals surface area contributed by atoms with Crippen molar-refractivity contribution in [3.8, 4) is 0 Å². The van der Waals surface area contributed by atoms with E-state index in [0.29, 0.717) is 28.1 Å². The molecule has 0 aliphatic rings. The summed E-state index contributed by atoms with van der Waals surface area (Å²) in [4.78, 5) is 29.6. The number of para-hydroxylation sites is 1. The van der Waals surface area contributed by atoms with Crippen molar-refractivity contribution in [2.24, 2.45) is 7.05 Å². The molecule has 0 unspecified atom stereocenters. The second-order valence-electron chi connectivity index (χ2n) is 5.49. The van der Waals surface area contributed by atoms with E-state index >= 15 is 0 Å². The lowest BCUT2D eigenvalue weighted by molar-refractivity contribution is 0.101. The van der Waals surface area contributed by atoms with E-state index in [1.807, 2.05) is 36.4 Å². The number of aryl methyl sites for hydroxylation is 1. The fourth-order valence-electron chi connectivity index (χ4n) is 2.76. The Bertz CT molecular complexity index is 1130. The third kappa shape index (κ3) is 2.16. The second kappa shape index (κ2) is 5.34. The first kappa shape index (κ1) is 14.2. The van der Waals surface area contributed by atoms with Crippen LogP contribution in [0.1, 0.15) is 10.5 Å². The molecule has 0 bridgehead atoms. The van der Waals surface area contributed by atoms with Gasteiger partial charge in [0.2, 0.25) is 0 Å². The van der Waals surface area contributed by atoms with Gasteiger partial charge in [0.15, 0.2) is 0 Å². The highest BCUT2D eigenvalue weighted by atomic mass is 16.2. The molecule has 4 aromatic rings. The van der Waals surface area contributed by atoms with Gasteiger partial charge in [-0.2, -0.15) is 0 Å². The van der Waals surface area contributed by atoms with E-state index in [-0.39, 0.29) is 11.5 Å². The van der Waals surface area contributed by atoms with Gasteiger partial charge >= 0.3 is 0 Å². The van der Waals surface area contributed by atoms with Gasteiger partial charge in [0.25, 0.3) is 11.5 Å². The number of hydrogen-bond donors (Lipinski definition) is 1. The Balaban J connectivity index is 1.86. The van der Waals surface area contributed by atoms with Gasteiger partial charge < -0.3 is 9.88 Å². The molecule has 0 spiro atoms. The van der Waals surface area contributed by atoms with Gasteiger partial charge in [0.05, 0.1) is 5.39 Å². The van der Waals surface area contributed by atoms with Gasteiger partial charge in [0, 0.05) is 18.9 Å². The highest BCUT2D eigenvalue weighted by Gasteiger charge is 2.17. The van der Waals surface area contributed by atoms with Crippen molar-refractivity contribution in [1.29, 1.82) is 0 Å². The molecule has 0 atom stereocenters. The molecule has 1 amide bonds. The predicted octanol–water partition coefficient (Wildman–Crippen LogP) is 2.44. The summed E-state index contributed by atoms with van der Waals surface area (Å²) in [6.07, 6.45) is 1.67. The van der Waals surface area contributed by atoms with Crippen molar-refractivity contribution >= 4 is 28.3 Å². The number of pyridine rings is 1. The Morgan fingerprint density at radius 2 is 1.83 bits per heavy atom. The molecular formula is C18H14N4O2. The Labute approximate surface area is 137 Å². The van der Waals surface area contributed by atoms with Gasteiger partial charge in [-0.05, 0) is 30.3 Å². The molecule has 1 aromatic carbocycles. The van der Waals surface area contributed by atoms with Crippen molar-refractivity contribution < 1.29 is 4.79 Å². The molecule has 6 nitrogen and oxygen atoms in total. The minimum Gasteiger partial charge on any atom is -0.324 e. The van der Waals surface area contributed by atoms with Crippen LogP contribution in [-0.4, -0.2) is 19.9 Å². The standard InChI is InChI=1S/C18H14N4O2/c1-21-14(17(23)19-12-7-3-2-4-8-12)11-13-16(21)20-15-9-5-6-10-22(15)18(13)24/h2-11H,1H3,(H,19,23). The number of fused-ring (bicyclic) bond motifs is 2. The van der Waals surface area contributed by atoms with Crippen LogP contribution in [0.2, 0.25) is 0 Å². The Morgan fingerprint density at radius 3 is 2.62 bits per heavy atom. The van der Waals surface area contributed by atoms with E-state index < -0.39 is 0 Å². The number of benzene rings is 1. The third-order valence-electron chi connectivity index (χ3n) is 3.97. The fraction of sp³-hybridized carbons (Fsp3) is 0.0556. The van der Waals surface area contributed by atoms with Crippen molar-refractivity contribution in [2.75, 3.05) is 5.32 Å². The van der Waals surface area contributed by atoms with Crippen LogP contribution in [0.3, 0.4) is 0 Å². The molecule has 24 heavy (non-hydrogen) atoms. The quantitative estimate of drug-likeness (QED) is 0.617. The summed E-state index contributed by atoms with van der Waals surface area (Å²) in [5.41, 5.74) is 1.93. The molecule has 0 saturated heterocycles. The Hall–Kier alpha value is -3.41. The highest BCUT2D eigenvalue weighted by molar-refractivity contribution is 6.06. The molecule has 6 heteroatoms. The summed E-state index contributed by atoms with van der Waals surface area (Å²) in [6, 6.07) is 16.1. The first-order chi connectivity index (χ1) is 11.6. The highest BCUT2D eigenvalue weighted by Crippen LogP contribution is 2.16. The normalized spacial score (nSPS) is 11.0. The van der Waals surface area contributed by atoms with Crippen molar-refractivity contribution in [2.45, 2.75) is 0 Å². The number of carbonyl (C=O) groups excluding carboxylic acids is 1. The van der Waals surface area contributed by atoms with Crippen LogP contribution in [0, 0.1) is 0 Å². The maximum absolute atomic E-state index is 12.6. The minimum absolute atomic E-state index is 0.190. The SMILES string of the molecule is Cn1c(C(=O)Nc2ccccc2)cc2c(=O)n3ccccc3nc21. The molecule has 1 N–H and O–H groups in total. The number of anilines is 1. The number of aromatic nitrogens is 3.